The molecule has 1 saturated heterocycles. The van der Waals surface area contributed by atoms with Gasteiger partial charge in [0.05, 0.1) is 11.4 Å². The van der Waals surface area contributed by atoms with Crippen molar-refractivity contribution >= 4 is 21.9 Å². The molecule has 1 unspecified atom stereocenters. The second-order valence-corrected chi connectivity index (χ2v) is 5.72. The maximum Gasteiger partial charge on any atom is 0.302 e. The fourth-order valence-corrected chi connectivity index (χ4v) is 2.72. The number of aryl methyl sites for hydroxylation is 1. The molecule has 0 bridgehead atoms. The van der Waals surface area contributed by atoms with Crippen molar-refractivity contribution in [2.45, 2.75) is 13.3 Å². The predicted molar refractivity (Wildman–Crippen MR) is 62.1 cm³/mol. The molecule has 1 atom stereocenters. The number of aromatic nitrogens is 2. The van der Waals surface area contributed by atoms with Gasteiger partial charge in [0.15, 0.2) is 5.82 Å². The summed E-state index contributed by atoms with van der Waals surface area (Å²) in [7, 11) is -4.56. The monoisotopic (exact) mass is 273 g/mol. The Morgan fingerprint density at radius 1 is 1.44 bits per heavy atom. The third-order valence-corrected chi connectivity index (χ3v) is 3.57. The number of amides is 1. The van der Waals surface area contributed by atoms with E-state index in [4.69, 9.17) is 0 Å². The summed E-state index contributed by atoms with van der Waals surface area (Å²) in [4.78, 5) is 13.0. The van der Waals surface area contributed by atoms with E-state index >= 15 is 0 Å². The van der Waals surface area contributed by atoms with Crippen molar-refractivity contribution in [1.29, 1.82) is 0 Å². The molecule has 2 heterocycles. The standard InChI is InChI=1S/C10H12FN3O3S/c1-7-2-3-9(13-12-7)14-5-8(4-10(14)15)6-18(11,16)17/h2-3,8H,4-6H2,1H3. The summed E-state index contributed by atoms with van der Waals surface area (Å²) < 4.78 is 33.7. The maximum absolute atomic E-state index is 12.6. The summed E-state index contributed by atoms with van der Waals surface area (Å²) in [5.41, 5.74) is 0.716. The topological polar surface area (TPSA) is 80.2 Å². The molecule has 0 aromatic carbocycles. The van der Waals surface area contributed by atoms with Crippen LogP contribution in [0, 0.1) is 12.8 Å². The number of nitrogens with zero attached hydrogens (tertiary/aromatic N) is 3. The molecule has 0 aliphatic carbocycles. The zero-order chi connectivity index (χ0) is 13.3. The van der Waals surface area contributed by atoms with Gasteiger partial charge < -0.3 is 0 Å². The molecule has 1 amide bonds. The molecule has 98 valence electrons. The Kier molecular flexibility index (Phi) is 3.29. The van der Waals surface area contributed by atoms with Gasteiger partial charge in [0, 0.05) is 18.9 Å². The maximum atomic E-state index is 12.6. The van der Waals surface area contributed by atoms with Gasteiger partial charge >= 0.3 is 10.2 Å². The van der Waals surface area contributed by atoms with Gasteiger partial charge in [-0.3, -0.25) is 9.69 Å². The third-order valence-electron chi connectivity index (χ3n) is 2.70. The Labute approximate surface area is 104 Å². The van der Waals surface area contributed by atoms with Crippen LogP contribution in [0.15, 0.2) is 12.1 Å². The number of carbonyl (C=O) groups is 1. The van der Waals surface area contributed by atoms with Crippen LogP contribution in [0.4, 0.5) is 9.70 Å². The van der Waals surface area contributed by atoms with Crippen LogP contribution < -0.4 is 4.90 Å². The van der Waals surface area contributed by atoms with Gasteiger partial charge in [-0.15, -0.1) is 8.98 Å². The van der Waals surface area contributed by atoms with E-state index in [0.717, 1.165) is 0 Å². The Balaban J connectivity index is 2.12. The highest BCUT2D eigenvalue weighted by Crippen LogP contribution is 2.24. The first-order valence-corrected chi connectivity index (χ1v) is 6.93. The van der Waals surface area contributed by atoms with E-state index in [1.54, 1.807) is 19.1 Å². The molecule has 0 spiro atoms. The van der Waals surface area contributed by atoms with Crippen molar-refractivity contribution in [3.05, 3.63) is 17.8 Å². The molecule has 0 saturated carbocycles. The average molecular weight is 273 g/mol. The Morgan fingerprint density at radius 2 is 2.17 bits per heavy atom. The van der Waals surface area contributed by atoms with Gasteiger partial charge in [-0.25, -0.2) is 0 Å². The highest BCUT2D eigenvalue weighted by molar-refractivity contribution is 7.86. The van der Waals surface area contributed by atoms with Gasteiger partial charge in [-0.05, 0) is 19.1 Å². The quantitative estimate of drug-likeness (QED) is 0.746. The van der Waals surface area contributed by atoms with Crippen LogP contribution in [-0.4, -0.2) is 36.8 Å². The summed E-state index contributed by atoms with van der Waals surface area (Å²) in [6.07, 6.45) is 0.0126. The molecule has 1 aromatic rings. The van der Waals surface area contributed by atoms with Crippen molar-refractivity contribution in [3.8, 4) is 0 Å². The first-order chi connectivity index (χ1) is 8.35. The molecule has 1 aliphatic heterocycles. The smallest absolute Gasteiger partial charge is 0.295 e. The summed E-state index contributed by atoms with van der Waals surface area (Å²) in [5, 5.41) is 7.68. The lowest BCUT2D eigenvalue weighted by Gasteiger charge is -2.14. The third kappa shape index (κ3) is 3.00. The normalized spacial score (nSPS) is 20.4. The highest BCUT2D eigenvalue weighted by Gasteiger charge is 2.34. The first kappa shape index (κ1) is 12.9. The first-order valence-electron chi connectivity index (χ1n) is 5.38. The summed E-state index contributed by atoms with van der Waals surface area (Å²) >= 11 is 0. The molecule has 2 rings (SSSR count). The van der Waals surface area contributed by atoms with Crippen LogP contribution >= 0.6 is 0 Å². The Morgan fingerprint density at radius 3 is 2.72 bits per heavy atom. The van der Waals surface area contributed by atoms with E-state index in [1.807, 2.05) is 0 Å². The number of hydrogen-bond acceptors (Lipinski definition) is 5. The molecule has 1 aliphatic rings. The van der Waals surface area contributed by atoms with E-state index in [1.165, 1.54) is 4.90 Å². The molecule has 0 N–H and O–H groups in total. The summed E-state index contributed by atoms with van der Waals surface area (Å²) in [6, 6.07) is 3.33. The van der Waals surface area contributed by atoms with Crippen molar-refractivity contribution in [2.24, 2.45) is 5.92 Å². The van der Waals surface area contributed by atoms with E-state index in [2.05, 4.69) is 10.2 Å². The SMILES string of the molecule is Cc1ccc(N2CC(CS(=O)(=O)F)CC2=O)nn1. The second-order valence-electron chi connectivity index (χ2n) is 4.31. The molecule has 1 fully saturated rings. The van der Waals surface area contributed by atoms with Gasteiger partial charge in [-0.1, -0.05) is 0 Å². The fourth-order valence-electron chi connectivity index (χ4n) is 1.93. The molecule has 0 radical (unpaired) electrons. The number of hydrogen-bond donors (Lipinski definition) is 0. The van der Waals surface area contributed by atoms with Crippen LogP contribution in [0.3, 0.4) is 0 Å². The van der Waals surface area contributed by atoms with Crippen LogP contribution in [0.25, 0.3) is 0 Å². The van der Waals surface area contributed by atoms with Gasteiger partial charge in [-0.2, -0.15) is 13.5 Å². The number of halogens is 1. The molecular weight excluding hydrogens is 261 g/mol. The van der Waals surface area contributed by atoms with E-state index in [0.29, 0.717) is 11.5 Å². The van der Waals surface area contributed by atoms with Crippen molar-refractivity contribution in [2.75, 3.05) is 17.2 Å². The molecule has 1 aromatic heterocycles. The van der Waals surface area contributed by atoms with E-state index < -0.39 is 21.9 Å². The van der Waals surface area contributed by atoms with Gasteiger partial charge in [0.25, 0.3) is 0 Å². The minimum absolute atomic E-state index is 0.0126. The Bertz CT molecular complexity index is 558. The van der Waals surface area contributed by atoms with Crippen molar-refractivity contribution < 1.29 is 17.1 Å². The minimum atomic E-state index is -4.56. The van der Waals surface area contributed by atoms with Crippen molar-refractivity contribution in [3.63, 3.8) is 0 Å². The van der Waals surface area contributed by atoms with E-state index in [9.17, 15) is 17.1 Å². The zero-order valence-electron chi connectivity index (χ0n) is 9.71. The molecule has 8 heteroatoms. The minimum Gasteiger partial charge on any atom is -0.295 e. The predicted octanol–water partition coefficient (Wildman–Crippen LogP) is 0.437. The fraction of sp³-hybridized carbons (Fsp3) is 0.500. The molecular formula is C10H12FN3O3S. The summed E-state index contributed by atoms with van der Waals surface area (Å²) in [5.74, 6) is -1.06. The van der Waals surface area contributed by atoms with Crippen LogP contribution in [0.1, 0.15) is 12.1 Å². The van der Waals surface area contributed by atoms with Crippen LogP contribution in [0.2, 0.25) is 0 Å². The van der Waals surface area contributed by atoms with E-state index in [-0.39, 0.29) is 18.9 Å². The lowest BCUT2D eigenvalue weighted by molar-refractivity contribution is -0.117. The summed E-state index contributed by atoms with van der Waals surface area (Å²) in [6.45, 7) is 1.92. The average Bonchev–Trinajstić information content (AvgIpc) is 2.58. The van der Waals surface area contributed by atoms with Crippen LogP contribution in [0.5, 0.6) is 0 Å². The Hall–Kier alpha value is -1.57. The lowest BCUT2D eigenvalue weighted by Crippen LogP contribution is -2.26. The second kappa shape index (κ2) is 4.60. The molecule has 18 heavy (non-hydrogen) atoms. The van der Waals surface area contributed by atoms with Gasteiger partial charge in [0.1, 0.15) is 0 Å². The number of carbonyl (C=O) groups excluding carboxylic acids is 1. The number of anilines is 1. The lowest BCUT2D eigenvalue weighted by atomic mass is 10.1. The number of rotatable bonds is 3. The largest absolute Gasteiger partial charge is 0.302 e. The zero-order valence-corrected chi connectivity index (χ0v) is 10.5. The molecule has 6 nitrogen and oxygen atoms in total. The van der Waals surface area contributed by atoms with Crippen LogP contribution in [-0.2, 0) is 15.0 Å². The highest BCUT2D eigenvalue weighted by atomic mass is 32.3. The van der Waals surface area contributed by atoms with Crippen molar-refractivity contribution in [1.82, 2.24) is 10.2 Å². The van der Waals surface area contributed by atoms with Gasteiger partial charge in [0.2, 0.25) is 5.91 Å².